The van der Waals surface area contributed by atoms with Crippen molar-refractivity contribution >= 4 is 0 Å². The van der Waals surface area contributed by atoms with Crippen molar-refractivity contribution < 1.29 is 74.4 Å². The Kier molecular flexibility index (Phi) is 11.5. The molecule has 0 aromatic rings. The molecule has 17 N–H and O–H groups in total. The summed E-state index contributed by atoms with van der Waals surface area (Å²) in [7, 11) is 0. The number of hydrogen-bond acceptors (Lipinski definition) is 19. The van der Waals surface area contributed by atoms with Crippen molar-refractivity contribution in [1.29, 1.82) is 0 Å². The normalized spacial score (nSPS) is 53.8. The first-order chi connectivity index (χ1) is 19.8. The Morgan fingerprint density at radius 1 is 0.524 bits per heavy atom. The van der Waals surface area contributed by atoms with E-state index in [9.17, 15) is 46.0 Å². The van der Waals surface area contributed by atoms with Crippen LogP contribution in [0.4, 0.5) is 0 Å². The van der Waals surface area contributed by atoms with Crippen molar-refractivity contribution in [1.82, 2.24) is 0 Å². The van der Waals surface area contributed by atoms with Gasteiger partial charge < -0.3 is 97.3 Å². The maximum Gasteiger partial charge on any atom is 0.187 e. The van der Waals surface area contributed by atoms with Gasteiger partial charge >= 0.3 is 0 Å². The van der Waals surface area contributed by atoms with Crippen molar-refractivity contribution in [2.75, 3.05) is 19.8 Å². The molecule has 0 bridgehead atoms. The number of aliphatic hydroxyl groups is 9. The van der Waals surface area contributed by atoms with Crippen LogP contribution >= 0.6 is 0 Å². The Morgan fingerprint density at radius 3 is 1.67 bits per heavy atom. The van der Waals surface area contributed by atoms with Crippen LogP contribution in [0.1, 0.15) is 6.42 Å². The molecule has 0 aromatic carbocycles. The van der Waals surface area contributed by atoms with Crippen LogP contribution in [-0.4, -0.2) is 182 Å². The minimum atomic E-state index is -1.80. The summed E-state index contributed by atoms with van der Waals surface area (Å²) in [6.07, 6.45) is -23.3. The third-order valence-corrected chi connectivity index (χ3v) is 8.24. The molecule has 1 aliphatic carbocycles. The standard InChI is InChI=1S/C23H44N4O15/c24-2-7-12(31)14(33)10(27)21(37-7)40-18-6(26)1-5(25)11(30)20(18)42-23-17(36)19(9(4-29)39-23)41-22-16(35)15(34)13(32)8(3-28)38-22/h5-23,28-36H,1-4,24-27H2/t5-,6+,7-,8+,9-,10-,11+,12-,13-,14-,15+,16-,17-,18-,19-,20-,21-,22-,23+/m1/s1. The minimum Gasteiger partial charge on any atom is -0.394 e. The van der Waals surface area contributed by atoms with E-state index < -0.39 is 130 Å². The third-order valence-electron chi connectivity index (χ3n) is 8.24. The summed E-state index contributed by atoms with van der Waals surface area (Å²) in [6, 6.07) is -3.02. The lowest BCUT2D eigenvalue weighted by Crippen LogP contribution is -2.68. The Hall–Kier alpha value is -0.760. The lowest BCUT2D eigenvalue weighted by molar-refractivity contribution is -0.319. The Morgan fingerprint density at radius 2 is 1.05 bits per heavy atom. The molecule has 4 rings (SSSR count). The average Bonchev–Trinajstić information content (AvgIpc) is 3.27. The van der Waals surface area contributed by atoms with Crippen LogP contribution in [0.5, 0.6) is 0 Å². The van der Waals surface area contributed by atoms with E-state index in [1.807, 2.05) is 0 Å². The third kappa shape index (κ3) is 6.60. The van der Waals surface area contributed by atoms with Gasteiger partial charge in [0.15, 0.2) is 18.9 Å². The van der Waals surface area contributed by atoms with Gasteiger partial charge in [0, 0.05) is 18.6 Å². The number of nitrogens with two attached hydrogens (primary N) is 4. The quantitative estimate of drug-likeness (QED) is 0.114. The first-order valence-electron chi connectivity index (χ1n) is 13.7. The van der Waals surface area contributed by atoms with E-state index in [2.05, 4.69) is 0 Å². The van der Waals surface area contributed by atoms with Gasteiger partial charge in [-0.2, -0.15) is 0 Å². The topological polar surface area (TPSA) is 342 Å². The predicted molar refractivity (Wildman–Crippen MR) is 134 cm³/mol. The average molecular weight is 617 g/mol. The van der Waals surface area contributed by atoms with E-state index in [1.54, 1.807) is 0 Å². The summed E-state index contributed by atoms with van der Waals surface area (Å²) < 4.78 is 34.1. The second-order valence-corrected chi connectivity index (χ2v) is 11.1. The van der Waals surface area contributed by atoms with E-state index in [4.69, 9.17) is 51.4 Å². The molecule has 0 unspecified atom stereocenters. The number of hydrogen-bond donors (Lipinski definition) is 13. The molecule has 3 heterocycles. The summed E-state index contributed by atoms with van der Waals surface area (Å²) in [5, 5.41) is 92.2. The largest absolute Gasteiger partial charge is 0.394 e. The molecule has 0 radical (unpaired) electrons. The molecule has 4 aliphatic rings. The molecule has 0 amide bonds. The fraction of sp³-hybridized carbons (Fsp3) is 1.00. The smallest absolute Gasteiger partial charge is 0.187 e. The lowest BCUT2D eigenvalue weighted by Gasteiger charge is -2.47. The van der Waals surface area contributed by atoms with Crippen molar-refractivity contribution in [2.45, 2.75) is 123 Å². The van der Waals surface area contributed by atoms with Crippen molar-refractivity contribution in [3.05, 3.63) is 0 Å². The number of ether oxygens (including phenoxy) is 6. The molecular weight excluding hydrogens is 572 g/mol. The summed E-state index contributed by atoms with van der Waals surface area (Å²) in [6.45, 7) is -1.60. The first kappa shape index (κ1) is 34.1. The van der Waals surface area contributed by atoms with E-state index >= 15 is 0 Å². The molecule has 19 heteroatoms. The van der Waals surface area contributed by atoms with Crippen LogP contribution in [0.3, 0.4) is 0 Å². The lowest BCUT2D eigenvalue weighted by atomic mass is 9.84. The van der Waals surface area contributed by atoms with Crippen LogP contribution in [0.25, 0.3) is 0 Å². The summed E-state index contributed by atoms with van der Waals surface area (Å²) >= 11 is 0. The second-order valence-electron chi connectivity index (χ2n) is 11.1. The van der Waals surface area contributed by atoms with Crippen molar-refractivity contribution in [3.63, 3.8) is 0 Å². The van der Waals surface area contributed by atoms with Gasteiger partial charge in [0.05, 0.1) is 25.4 Å². The molecule has 4 fully saturated rings. The van der Waals surface area contributed by atoms with Crippen molar-refractivity contribution in [3.8, 4) is 0 Å². The molecule has 19 atom stereocenters. The Labute approximate surface area is 240 Å². The fourth-order valence-corrected chi connectivity index (χ4v) is 5.65. The van der Waals surface area contributed by atoms with Gasteiger partial charge in [-0.15, -0.1) is 0 Å². The van der Waals surface area contributed by atoms with Gasteiger partial charge in [0.1, 0.15) is 73.2 Å². The Bertz CT molecular complexity index is 865. The zero-order valence-electron chi connectivity index (χ0n) is 22.6. The van der Waals surface area contributed by atoms with Gasteiger partial charge in [-0.1, -0.05) is 0 Å². The maximum atomic E-state index is 11.0. The van der Waals surface area contributed by atoms with E-state index in [1.165, 1.54) is 0 Å². The molecule has 42 heavy (non-hydrogen) atoms. The Balaban J connectivity index is 1.50. The van der Waals surface area contributed by atoms with E-state index in [0.29, 0.717) is 0 Å². The number of rotatable bonds is 9. The molecule has 0 spiro atoms. The molecule has 3 saturated heterocycles. The second kappa shape index (κ2) is 14.1. The van der Waals surface area contributed by atoms with Crippen LogP contribution < -0.4 is 22.9 Å². The SMILES string of the molecule is NC[C@H]1O[C@H](O[C@H]2[C@H](O[C@@H]3O[C@H](CO)[C@@H](O[C@H]4O[C@@H](CO)[C@@H](O)[C@H](O)[C@H]4O)[C@H]3O)[C@@H](O)[C@H](N)C[C@@H]2N)[C@H](N)[C@@H](O)[C@@H]1O. The van der Waals surface area contributed by atoms with Gasteiger partial charge in [-0.05, 0) is 6.42 Å². The zero-order valence-corrected chi connectivity index (χ0v) is 22.6. The maximum absolute atomic E-state index is 11.0. The summed E-state index contributed by atoms with van der Waals surface area (Å²) in [5.41, 5.74) is 24.0. The van der Waals surface area contributed by atoms with Gasteiger partial charge in [-0.25, -0.2) is 0 Å². The number of aliphatic hydroxyl groups excluding tert-OH is 9. The van der Waals surface area contributed by atoms with Gasteiger partial charge in [0.2, 0.25) is 0 Å². The van der Waals surface area contributed by atoms with Crippen LogP contribution in [-0.2, 0) is 28.4 Å². The molecule has 0 aromatic heterocycles. The highest BCUT2D eigenvalue weighted by Gasteiger charge is 2.54. The monoisotopic (exact) mass is 616 g/mol. The molecule has 3 aliphatic heterocycles. The highest BCUT2D eigenvalue weighted by atomic mass is 16.8. The van der Waals surface area contributed by atoms with Gasteiger partial charge in [0.25, 0.3) is 0 Å². The molecular formula is C23H44N4O15. The molecule has 246 valence electrons. The van der Waals surface area contributed by atoms with Crippen LogP contribution in [0.15, 0.2) is 0 Å². The van der Waals surface area contributed by atoms with E-state index in [-0.39, 0.29) is 13.0 Å². The summed E-state index contributed by atoms with van der Waals surface area (Å²) in [4.78, 5) is 0. The van der Waals surface area contributed by atoms with Crippen LogP contribution in [0, 0.1) is 0 Å². The highest BCUT2D eigenvalue weighted by Crippen LogP contribution is 2.34. The molecule has 1 saturated carbocycles. The van der Waals surface area contributed by atoms with Crippen molar-refractivity contribution in [2.24, 2.45) is 22.9 Å². The van der Waals surface area contributed by atoms with Crippen LogP contribution in [0.2, 0.25) is 0 Å². The van der Waals surface area contributed by atoms with E-state index in [0.717, 1.165) is 0 Å². The predicted octanol–water partition coefficient (Wildman–Crippen LogP) is -8.83. The van der Waals surface area contributed by atoms with Gasteiger partial charge in [-0.3, -0.25) is 0 Å². The molecule has 19 nitrogen and oxygen atoms in total. The minimum absolute atomic E-state index is 0.0648. The zero-order chi connectivity index (χ0) is 31.0. The first-order valence-corrected chi connectivity index (χ1v) is 13.7. The highest BCUT2D eigenvalue weighted by molar-refractivity contribution is 5.02. The summed E-state index contributed by atoms with van der Waals surface area (Å²) in [5.74, 6) is 0. The fourth-order valence-electron chi connectivity index (χ4n) is 5.65.